The smallest absolute Gasteiger partial charge is 0.0540 e. The van der Waals surface area contributed by atoms with Crippen molar-refractivity contribution in [2.24, 2.45) is 11.8 Å². The zero-order valence-electron chi connectivity index (χ0n) is 7.71. The SMILES string of the molecule is CC(C)CC1CCC(O)CC1. The Bertz CT molecular complexity index is 101. The van der Waals surface area contributed by atoms with Gasteiger partial charge in [-0.2, -0.15) is 0 Å². The Morgan fingerprint density at radius 1 is 1.18 bits per heavy atom. The fraction of sp³-hybridized carbons (Fsp3) is 1.00. The lowest BCUT2D eigenvalue weighted by molar-refractivity contribution is 0.103. The molecule has 0 aromatic rings. The molecule has 1 aliphatic rings. The maximum absolute atomic E-state index is 9.26. The Kier molecular flexibility index (Phi) is 3.38. The largest absolute Gasteiger partial charge is 0.393 e. The molecule has 0 atom stereocenters. The van der Waals surface area contributed by atoms with Crippen molar-refractivity contribution >= 4 is 0 Å². The monoisotopic (exact) mass is 156 g/mol. The lowest BCUT2D eigenvalue weighted by Crippen LogP contribution is -2.19. The summed E-state index contributed by atoms with van der Waals surface area (Å²) in [7, 11) is 0. The summed E-state index contributed by atoms with van der Waals surface area (Å²) in [5.74, 6) is 1.73. The molecule has 0 amide bonds. The van der Waals surface area contributed by atoms with Gasteiger partial charge in [-0.3, -0.25) is 0 Å². The number of aliphatic hydroxyl groups is 1. The average Bonchev–Trinajstić information content (AvgIpc) is 1.93. The summed E-state index contributed by atoms with van der Waals surface area (Å²) in [6.45, 7) is 4.57. The van der Waals surface area contributed by atoms with Gasteiger partial charge < -0.3 is 5.11 Å². The molecule has 0 aromatic heterocycles. The summed E-state index contributed by atoms with van der Waals surface area (Å²) in [6.07, 6.45) is 5.94. The standard InChI is InChI=1S/C10H20O/c1-8(2)7-9-3-5-10(11)6-4-9/h8-11H,3-7H2,1-2H3. The molecule has 11 heavy (non-hydrogen) atoms. The number of rotatable bonds is 2. The second-order valence-corrected chi connectivity index (χ2v) is 4.30. The zero-order chi connectivity index (χ0) is 8.27. The van der Waals surface area contributed by atoms with Crippen LogP contribution in [0.2, 0.25) is 0 Å². The van der Waals surface area contributed by atoms with Crippen LogP contribution < -0.4 is 0 Å². The fourth-order valence-corrected chi connectivity index (χ4v) is 2.05. The van der Waals surface area contributed by atoms with E-state index in [1.54, 1.807) is 0 Å². The van der Waals surface area contributed by atoms with Crippen molar-refractivity contribution in [2.45, 2.75) is 52.1 Å². The molecule has 1 aliphatic carbocycles. The first-order chi connectivity index (χ1) is 5.18. The van der Waals surface area contributed by atoms with Gasteiger partial charge in [0.05, 0.1) is 6.10 Å². The molecule has 0 saturated heterocycles. The molecule has 1 N–H and O–H groups in total. The van der Waals surface area contributed by atoms with E-state index in [4.69, 9.17) is 0 Å². The highest BCUT2D eigenvalue weighted by Gasteiger charge is 2.19. The van der Waals surface area contributed by atoms with Crippen molar-refractivity contribution in [2.75, 3.05) is 0 Å². The molecule has 1 rings (SSSR count). The van der Waals surface area contributed by atoms with E-state index in [9.17, 15) is 5.11 Å². The fourth-order valence-electron chi connectivity index (χ4n) is 2.05. The van der Waals surface area contributed by atoms with Crippen LogP contribution in [0.3, 0.4) is 0 Å². The lowest BCUT2D eigenvalue weighted by atomic mass is 9.82. The van der Waals surface area contributed by atoms with Crippen LogP contribution in [0.15, 0.2) is 0 Å². The van der Waals surface area contributed by atoms with Crippen LogP contribution in [-0.4, -0.2) is 11.2 Å². The summed E-state index contributed by atoms with van der Waals surface area (Å²) < 4.78 is 0. The Morgan fingerprint density at radius 3 is 2.18 bits per heavy atom. The molecular weight excluding hydrogens is 136 g/mol. The molecular formula is C10H20O. The zero-order valence-corrected chi connectivity index (χ0v) is 7.71. The highest BCUT2D eigenvalue weighted by molar-refractivity contribution is 4.72. The van der Waals surface area contributed by atoms with Gasteiger partial charge in [-0.15, -0.1) is 0 Å². The number of aliphatic hydroxyl groups excluding tert-OH is 1. The summed E-state index contributed by atoms with van der Waals surface area (Å²) in [6, 6.07) is 0. The maximum atomic E-state index is 9.26. The van der Waals surface area contributed by atoms with Crippen molar-refractivity contribution in [3.63, 3.8) is 0 Å². The van der Waals surface area contributed by atoms with Gasteiger partial charge in [0.25, 0.3) is 0 Å². The molecule has 0 aliphatic heterocycles. The third kappa shape index (κ3) is 3.24. The van der Waals surface area contributed by atoms with Crippen molar-refractivity contribution in [3.05, 3.63) is 0 Å². The molecule has 1 saturated carbocycles. The van der Waals surface area contributed by atoms with Crippen LogP contribution in [0.5, 0.6) is 0 Å². The molecule has 1 nitrogen and oxygen atoms in total. The Balaban J connectivity index is 2.17. The van der Waals surface area contributed by atoms with Crippen molar-refractivity contribution < 1.29 is 5.11 Å². The van der Waals surface area contributed by atoms with E-state index in [1.165, 1.54) is 19.3 Å². The highest BCUT2D eigenvalue weighted by atomic mass is 16.3. The second-order valence-electron chi connectivity index (χ2n) is 4.30. The summed E-state index contributed by atoms with van der Waals surface area (Å²) >= 11 is 0. The molecule has 1 heteroatoms. The third-order valence-corrected chi connectivity index (χ3v) is 2.62. The van der Waals surface area contributed by atoms with E-state index in [0.29, 0.717) is 0 Å². The normalized spacial score (nSPS) is 32.7. The molecule has 66 valence electrons. The lowest BCUT2D eigenvalue weighted by Gasteiger charge is -2.26. The average molecular weight is 156 g/mol. The van der Waals surface area contributed by atoms with Gasteiger partial charge in [0, 0.05) is 0 Å². The Hall–Kier alpha value is -0.0400. The number of hydrogen-bond acceptors (Lipinski definition) is 1. The van der Waals surface area contributed by atoms with E-state index >= 15 is 0 Å². The first-order valence-corrected chi connectivity index (χ1v) is 4.86. The number of hydrogen-bond donors (Lipinski definition) is 1. The molecule has 0 bridgehead atoms. The van der Waals surface area contributed by atoms with Crippen LogP contribution in [0.1, 0.15) is 46.0 Å². The molecule has 0 spiro atoms. The van der Waals surface area contributed by atoms with E-state index in [0.717, 1.165) is 24.7 Å². The van der Waals surface area contributed by atoms with E-state index in [-0.39, 0.29) is 6.10 Å². The van der Waals surface area contributed by atoms with Crippen LogP contribution >= 0.6 is 0 Å². The predicted octanol–water partition coefficient (Wildman–Crippen LogP) is 2.58. The van der Waals surface area contributed by atoms with Gasteiger partial charge in [0.2, 0.25) is 0 Å². The van der Waals surface area contributed by atoms with Gasteiger partial charge >= 0.3 is 0 Å². The maximum Gasteiger partial charge on any atom is 0.0540 e. The minimum atomic E-state index is 0.0124. The molecule has 0 unspecified atom stereocenters. The molecule has 1 fully saturated rings. The Labute approximate surface area is 69.8 Å². The molecule has 0 radical (unpaired) electrons. The molecule has 0 heterocycles. The summed E-state index contributed by atoms with van der Waals surface area (Å²) in [5.41, 5.74) is 0. The van der Waals surface area contributed by atoms with Crippen molar-refractivity contribution in [1.82, 2.24) is 0 Å². The first kappa shape index (κ1) is 9.05. The van der Waals surface area contributed by atoms with E-state index < -0.39 is 0 Å². The van der Waals surface area contributed by atoms with Gasteiger partial charge in [-0.05, 0) is 43.9 Å². The summed E-state index contributed by atoms with van der Waals surface area (Å²) in [4.78, 5) is 0. The van der Waals surface area contributed by atoms with E-state index in [1.807, 2.05) is 0 Å². The van der Waals surface area contributed by atoms with Crippen LogP contribution in [-0.2, 0) is 0 Å². The highest BCUT2D eigenvalue weighted by Crippen LogP contribution is 2.28. The second kappa shape index (κ2) is 4.10. The Morgan fingerprint density at radius 2 is 1.73 bits per heavy atom. The predicted molar refractivity (Wildman–Crippen MR) is 47.4 cm³/mol. The summed E-state index contributed by atoms with van der Waals surface area (Å²) in [5, 5.41) is 9.26. The minimum Gasteiger partial charge on any atom is -0.393 e. The first-order valence-electron chi connectivity index (χ1n) is 4.86. The van der Waals surface area contributed by atoms with Crippen LogP contribution in [0, 0.1) is 11.8 Å². The molecule has 0 aromatic carbocycles. The van der Waals surface area contributed by atoms with Gasteiger partial charge in [-0.25, -0.2) is 0 Å². The van der Waals surface area contributed by atoms with Crippen LogP contribution in [0.25, 0.3) is 0 Å². The van der Waals surface area contributed by atoms with E-state index in [2.05, 4.69) is 13.8 Å². The van der Waals surface area contributed by atoms with Crippen LogP contribution in [0.4, 0.5) is 0 Å². The van der Waals surface area contributed by atoms with Gasteiger partial charge in [0.15, 0.2) is 0 Å². The minimum absolute atomic E-state index is 0.0124. The topological polar surface area (TPSA) is 20.2 Å². The third-order valence-electron chi connectivity index (χ3n) is 2.62. The van der Waals surface area contributed by atoms with Gasteiger partial charge in [-0.1, -0.05) is 13.8 Å². The van der Waals surface area contributed by atoms with Crippen molar-refractivity contribution in [3.8, 4) is 0 Å². The van der Waals surface area contributed by atoms with Gasteiger partial charge in [0.1, 0.15) is 0 Å². The van der Waals surface area contributed by atoms with Crippen molar-refractivity contribution in [1.29, 1.82) is 0 Å². The quantitative estimate of drug-likeness (QED) is 0.651.